The molecule has 0 radical (unpaired) electrons. The third-order valence-corrected chi connectivity index (χ3v) is 2.74. The van der Waals surface area contributed by atoms with Gasteiger partial charge in [0, 0.05) is 17.8 Å². The van der Waals surface area contributed by atoms with E-state index in [1.165, 1.54) is 19.2 Å². The van der Waals surface area contributed by atoms with Gasteiger partial charge < -0.3 is 15.8 Å². The highest BCUT2D eigenvalue weighted by atomic mass is 19.1. The number of anilines is 2. The van der Waals surface area contributed by atoms with Crippen LogP contribution >= 0.6 is 0 Å². The summed E-state index contributed by atoms with van der Waals surface area (Å²) in [6, 6.07) is 5.01. The van der Waals surface area contributed by atoms with Gasteiger partial charge in [-0.25, -0.2) is 13.2 Å². The summed E-state index contributed by atoms with van der Waals surface area (Å²) in [5, 5.41) is 2.34. The standard InChI is InChI=1S/C14H11F3N2O2/c1-21-13-4-7(2-3-9(13)15)19-14(20)8-5-12(18)11(17)6-10(8)16/h2-6H,18H2,1H3,(H,19,20). The van der Waals surface area contributed by atoms with Crippen molar-refractivity contribution >= 4 is 17.3 Å². The van der Waals surface area contributed by atoms with Crippen LogP contribution in [0.2, 0.25) is 0 Å². The second-order valence-electron chi connectivity index (χ2n) is 4.16. The van der Waals surface area contributed by atoms with Gasteiger partial charge in [0.1, 0.15) is 11.6 Å². The number of carbonyl (C=O) groups excluding carboxylic acids is 1. The molecule has 0 aromatic heterocycles. The van der Waals surface area contributed by atoms with Gasteiger partial charge in [-0.05, 0) is 18.2 Å². The number of ether oxygens (including phenoxy) is 1. The summed E-state index contributed by atoms with van der Waals surface area (Å²) in [5.41, 5.74) is 4.72. The van der Waals surface area contributed by atoms with Crippen LogP contribution in [-0.2, 0) is 0 Å². The molecule has 0 atom stereocenters. The Labute approximate surface area is 118 Å². The number of hydrogen-bond acceptors (Lipinski definition) is 3. The van der Waals surface area contributed by atoms with Crippen molar-refractivity contribution in [1.82, 2.24) is 0 Å². The van der Waals surface area contributed by atoms with E-state index in [4.69, 9.17) is 10.5 Å². The molecule has 4 nitrogen and oxygen atoms in total. The van der Waals surface area contributed by atoms with E-state index in [2.05, 4.69) is 5.32 Å². The molecule has 0 fully saturated rings. The molecule has 1 amide bonds. The number of benzene rings is 2. The number of nitrogen functional groups attached to an aromatic ring is 1. The Morgan fingerprint density at radius 2 is 1.81 bits per heavy atom. The smallest absolute Gasteiger partial charge is 0.258 e. The number of nitrogens with two attached hydrogens (primary N) is 1. The second kappa shape index (κ2) is 5.74. The quantitative estimate of drug-likeness (QED) is 0.856. The number of carbonyl (C=O) groups is 1. The molecule has 2 aromatic carbocycles. The fourth-order valence-corrected chi connectivity index (χ4v) is 1.68. The van der Waals surface area contributed by atoms with Gasteiger partial charge in [0.25, 0.3) is 5.91 Å². The lowest BCUT2D eigenvalue weighted by Crippen LogP contribution is -2.15. The summed E-state index contributed by atoms with van der Waals surface area (Å²) in [7, 11) is 1.27. The van der Waals surface area contributed by atoms with E-state index < -0.39 is 28.9 Å². The molecule has 0 aliphatic rings. The van der Waals surface area contributed by atoms with Crippen LogP contribution in [0.4, 0.5) is 24.5 Å². The molecular formula is C14H11F3N2O2. The van der Waals surface area contributed by atoms with Crippen molar-refractivity contribution in [2.24, 2.45) is 0 Å². The summed E-state index contributed by atoms with van der Waals surface area (Å²) in [5.74, 6) is -3.52. The van der Waals surface area contributed by atoms with E-state index in [9.17, 15) is 18.0 Å². The van der Waals surface area contributed by atoms with Crippen LogP contribution < -0.4 is 15.8 Å². The molecule has 0 spiro atoms. The normalized spacial score (nSPS) is 10.3. The Hall–Kier alpha value is -2.70. The molecule has 0 heterocycles. The molecule has 110 valence electrons. The van der Waals surface area contributed by atoms with E-state index in [1.54, 1.807) is 0 Å². The maximum absolute atomic E-state index is 13.6. The Morgan fingerprint density at radius 3 is 2.48 bits per heavy atom. The lowest BCUT2D eigenvalue weighted by molar-refractivity contribution is 0.102. The number of rotatable bonds is 3. The lowest BCUT2D eigenvalue weighted by Gasteiger charge is -2.09. The molecule has 0 saturated heterocycles. The summed E-state index contributed by atoms with van der Waals surface area (Å²) < 4.78 is 44.6. The van der Waals surface area contributed by atoms with Crippen LogP contribution in [0.15, 0.2) is 30.3 Å². The highest BCUT2D eigenvalue weighted by Gasteiger charge is 2.16. The average Bonchev–Trinajstić information content (AvgIpc) is 2.44. The van der Waals surface area contributed by atoms with E-state index >= 15 is 0 Å². The Morgan fingerprint density at radius 1 is 1.10 bits per heavy atom. The van der Waals surface area contributed by atoms with Gasteiger partial charge in [-0.1, -0.05) is 0 Å². The van der Waals surface area contributed by atoms with Crippen molar-refractivity contribution in [3.05, 3.63) is 53.3 Å². The van der Waals surface area contributed by atoms with Gasteiger partial charge in [-0.2, -0.15) is 0 Å². The topological polar surface area (TPSA) is 64.3 Å². The van der Waals surface area contributed by atoms with Crippen molar-refractivity contribution in [2.45, 2.75) is 0 Å². The number of amides is 1. The molecule has 3 N–H and O–H groups in total. The van der Waals surface area contributed by atoms with Gasteiger partial charge in [0.05, 0.1) is 18.4 Å². The second-order valence-corrected chi connectivity index (χ2v) is 4.16. The zero-order valence-electron chi connectivity index (χ0n) is 10.9. The summed E-state index contributed by atoms with van der Waals surface area (Å²) in [6.45, 7) is 0. The SMILES string of the molecule is COc1cc(NC(=O)c2cc(N)c(F)cc2F)ccc1F. The van der Waals surface area contributed by atoms with Crippen LogP contribution in [0.3, 0.4) is 0 Å². The fourth-order valence-electron chi connectivity index (χ4n) is 1.68. The van der Waals surface area contributed by atoms with Gasteiger partial charge in [-0.15, -0.1) is 0 Å². The Kier molecular flexibility index (Phi) is 4.02. The molecule has 0 aliphatic heterocycles. The predicted octanol–water partition coefficient (Wildman–Crippen LogP) is 2.95. The maximum Gasteiger partial charge on any atom is 0.258 e. The first-order valence-corrected chi connectivity index (χ1v) is 5.81. The minimum absolute atomic E-state index is 0.0770. The Balaban J connectivity index is 2.28. The van der Waals surface area contributed by atoms with E-state index in [0.717, 1.165) is 12.1 Å². The third kappa shape index (κ3) is 3.07. The van der Waals surface area contributed by atoms with Crippen molar-refractivity contribution in [2.75, 3.05) is 18.2 Å². The van der Waals surface area contributed by atoms with E-state index in [-0.39, 0.29) is 17.1 Å². The van der Waals surface area contributed by atoms with Gasteiger partial charge >= 0.3 is 0 Å². The molecule has 7 heteroatoms. The fraction of sp³-hybridized carbons (Fsp3) is 0.0714. The van der Waals surface area contributed by atoms with Gasteiger partial charge in [-0.3, -0.25) is 4.79 Å². The molecule has 2 rings (SSSR count). The third-order valence-electron chi connectivity index (χ3n) is 2.74. The maximum atomic E-state index is 13.6. The van der Waals surface area contributed by atoms with Crippen molar-refractivity contribution in [3.8, 4) is 5.75 Å². The average molecular weight is 296 g/mol. The summed E-state index contributed by atoms with van der Waals surface area (Å²) in [4.78, 5) is 11.9. The minimum atomic E-state index is -1.05. The van der Waals surface area contributed by atoms with Crippen LogP contribution in [0.1, 0.15) is 10.4 Å². The monoisotopic (exact) mass is 296 g/mol. The molecule has 21 heavy (non-hydrogen) atoms. The van der Waals surface area contributed by atoms with Crippen LogP contribution in [0, 0.1) is 17.5 Å². The van der Waals surface area contributed by atoms with Gasteiger partial charge in [0.15, 0.2) is 11.6 Å². The van der Waals surface area contributed by atoms with E-state index in [0.29, 0.717) is 6.07 Å². The van der Waals surface area contributed by atoms with Gasteiger partial charge in [0.2, 0.25) is 0 Å². The van der Waals surface area contributed by atoms with Crippen LogP contribution in [-0.4, -0.2) is 13.0 Å². The zero-order chi connectivity index (χ0) is 15.6. The van der Waals surface area contributed by atoms with Crippen molar-refractivity contribution in [1.29, 1.82) is 0 Å². The number of hydrogen-bond donors (Lipinski definition) is 2. The van der Waals surface area contributed by atoms with Crippen molar-refractivity contribution in [3.63, 3.8) is 0 Å². The predicted molar refractivity (Wildman–Crippen MR) is 71.7 cm³/mol. The highest BCUT2D eigenvalue weighted by molar-refractivity contribution is 6.05. The van der Waals surface area contributed by atoms with Crippen LogP contribution in [0.5, 0.6) is 5.75 Å². The highest BCUT2D eigenvalue weighted by Crippen LogP contribution is 2.23. The first-order chi connectivity index (χ1) is 9.92. The summed E-state index contributed by atoms with van der Waals surface area (Å²) in [6.07, 6.45) is 0. The number of halogens is 3. The first-order valence-electron chi connectivity index (χ1n) is 5.81. The lowest BCUT2D eigenvalue weighted by atomic mass is 10.1. The summed E-state index contributed by atoms with van der Waals surface area (Å²) >= 11 is 0. The molecule has 0 unspecified atom stereocenters. The molecular weight excluding hydrogens is 285 g/mol. The van der Waals surface area contributed by atoms with E-state index in [1.807, 2.05) is 0 Å². The number of nitrogens with one attached hydrogen (secondary N) is 1. The zero-order valence-corrected chi connectivity index (χ0v) is 10.9. The Bertz CT molecular complexity index is 705. The minimum Gasteiger partial charge on any atom is -0.494 e. The molecule has 0 aliphatic carbocycles. The molecule has 0 bridgehead atoms. The first kappa shape index (κ1) is 14.7. The van der Waals surface area contributed by atoms with Crippen molar-refractivity contribution < 1.29 is 22.7 Å². The number of methoxy groups -OCH3 is 1. The molecule has 2 aromatic rings. The largest absolute Gasteiger partial charge is 0.494 e. The molecule has 0 saturated carbocycles. The van der Waals surface area contributed by atoms with Crippen LogP contribution in [0.25, 0.3) is 0 Å².